The van der Waals surface area contributed by atoms with E-state index in [9.17, 15) is 5.11 Å². The number of aryl methyl sites for hydroxylation is 1. The van der Waals surface area contributed by atoms with E-state index in [1.807, 2.05) is 18.5 Å². The molecule has 2 N–H and O–H groups in total. The van der Waals surface area contributed by atoms with Gasteiger partial charge in [0.15, 0.2) is 0 Å². The highest BCUT2D eigenvalue weighted by molar-refractivity contribution is 6.32. The molecule has 1 aliphatic heterocycles. The summed E-state index contributed by atoms with van der Waals surface area (Å²) in [7, 11) is 1.60. The number of aliphatic hydroxyl groups excluding tert-OH is 1. The number of halogens is 3. The molecule has 0 amide bonds. The van der Waals surface area contributed by atoms with Gasteiger partial charge in [0.25, 0.3) is 0 Å². The first kappa shape index (κ1) is 21.3. The lowest BCUT2D eigenvalue weighted by Gasteiger charge is -2.29. The molecule has 0 radical (unpaired) electrons. The molecule has 1 saturated heterocycles. The van der Waals surface area contributed by atoms with Crippen LogP contribution in [-0.2, 0) is 6.54 Å². The van der Waals surface area contributed by atoms with Crippen LogP contribution >= 0.6 is 36.4 Å². The first-order valence-electron chi connectivity index (χ1n) is 7.79. The zero-order valence-electron chi connectivity index (χ0n) is 13.6. The molecule has 2 atom stereocenters. The number of rotatable bonds is 5. The highest BCUT2D eigenvalue weighted by atomic mass is 35.5. The van der Waals surface area contributed by atoms with Crippen molar-refractivity contribution in [3.8, 4) is 5.75 Å². The van der Waals surface area contributed by atoms with Gasteiger partial charge in [0.1, 0.15) is 5.75 Å². The van der Waals surface area contributed by atoms with Crippen molar-refractivity contribution in [3.63, 3.8) is 0 Å². The number of ether oxygens (including phenoxy) is 1. The molecule has 1 aliphatic rings. The van der Waals surface area contributed by atoms with E-state index in [1.54, 1.807) is 7.11 Å². The number of aromatic nitrogens is 2. The zero-order valence-corrected chi connectivity index (χ0v) is 16.0. The van der Waals surface area contributed by atoms with E-state index in [0.29, 0.717) is 10.8 Å². The molecule has 1 aromatic carbocycles. The predicted molar refractivity (Wildman–Crippen MR) is 102 cm³/mol. The third-order valence-electron chi connectivity index (χ3n) is 4.36. The Balaban J connectivity index is 0.00000144. The molecule has 24 heavy (non-hydrogen) atoms. The fourth-order valence-corrected chi connectivity index (χ4v) is 3.34. The van der Waals surface area contributed by atoms with E-state index < -0.39 is 0 Å². The van der Waals surface area contributed by atoms with E-state index in [2.05, 4.69) is 14.9 Å². The Labute approximate surface area is 159 Å². The summed E-state index contributed by atoms with van der Waals surface area (Å²) in [5.74, 6) is 0.647. The Morgan fingerprint density at radius 1 is 1.42 bits per heavy atom. The number of methoxy groups -OCH3 is 1. The van der Waals surface area contributed by atoms with Gasteiger partial charge >= 0.3 is 0 Å². The van der Waals surface area contributed by atoms with Gasteiger partial charge in [0, 0.05) is 18.7 Å². The summed E-state index contributed by atoms with van der Waals surface area (Å²) in [6.07, 6.45) is 5.54. The molecule has 0 spiro atoms. The molecule has 2 heterocycles. The zero-order chi connectivity index (χ0) is 15.5. The van der Waals surface area contributed by atoms with Gasteiger partial charge in [0.2, 0.25) is 0 Å². The van der Waals surface area contributed by atoms with Crippen molar-refractivity contribution in [1.29, 1.82) is 0 Å². The number of hydrogen-bond donors (Lipinski definition) is 2. The fraction of sp³-hybridized carbons (Fsp3) is 0.562. The molecular formula is C16H24Cl3N3O2. The van der Waals surface area contributed by atoms with Crippen molar-refractivity contribution in [2.75, 3.05) is 13.7 Å². The maximum atomic E-state index is 9.98. The molecule has 1 fully saturated rings. The van der Waals surface area contributed by atoms with E-state index >= 15 is 0 Å². The minimum absolute atomic E-state index is 0. The summed E-state index contributed by atoms with van der Waals surface area (Å²) < 4.78 is 7.32. The summed E-state index contributed by atoms with van der Waals surface area (Å²) in [6, 6.07) is 3.98. The molecule has 5 nitrogen and oxygen atoms in total. The monoisotopic (exact) mass is 395 g/mol. The Morgan fingerprint density at radius 2 is 2.21 bits per heavy atom. The first-order valence-corrected chi connectivity index (χ1v) is 8.16. The fourth-order valence-electron chi connectivity index (χ4n) is 3.11. The molecule has 0 bridgehead atoms. The van der Waals surface area contributed by atoms with Gasteiger partial charge in [-0.2, -0.15) is 0 Å². The van der Waals surface area contributed by atoms with Crippen molar-refractivity contribution in [2.45, 2.75) is 44.4 Å². The Kier molecular flexibility index (Phi) is 8.60. The SMILES string of the molecule is COc1cc2ncn(CCC[C@H]3NCCC[C@@H]3O)c2cc1Cl.Cl.Cl. The summed E-state index contributed by atoms with van der Waals surface area (Å²) in [6.45, 7) is 1.87. The third-order valence-corrected chi connectivity index (χ3v) is 4.65. The highest BCUT2D eigenvalue weighted by Crippen LogP contribution is 2.29. The predicted octanol–water partition coefficient (Wildman–Crippen LogP) is 3.44. The number of fused-ring (bicyclic) bond motifs is 1. The van der Waals surface area contributed by atoms with Crippen LogP contribution < -0.4 is 10.1 Å². The lowest BCUT2D eigenvalue weighted by molar-refractivity contribution is 0.0909. The molecule has 3 rings (SSSR count). The Bertz CT molecular complexity index is 651. The van der Waals surface area contributed by atoms with Crippen LogP contribution in [0.1, 0.15) is 25.7 Å². The number of nitrogens with zero attached hydrogens (tertiary/aromatic N) is 2. The van der Waals surface area contributed by atoms with Crippen LogP contribution in [0.25, 0.3) is 11.0 Å². The van der Waals surface area contributed by atoms with Crippen LogP contribution in [0, 0.1) is 0 Å². The lowest BCUT2D eigenvalue weighted by Crippen LogP contribution is -2.44. The number of piperidine rings is 1. The normalized spacial score (nSPS) is 20.3. The van der Waals surface area contributed by atoms with Crippen molar-refractivity contribution in [3.05, 3.63) is 23.5 Å². The van der Waals surface area contributed by atoms with Crippen molar-refractivity contribution >= 4 is 47.4 Å². The molecule has 2 aromatic rings. The van der Waals surface area contributed by atoms with Gasteiger partial charge in [-0.1, -0.05) is 11.6 Å². The number of nitrogens with one attached hydrogen (secondary N) is 1. The van der Waals surface area contributed by atoms with Gasteiger partial charge in [-0.25, -0.2) is 4.98 Å². The van der Waals surface area contributed by atoms with E-state index in [-0.39, 0.29) is 37.0 Å². The Hall–Kier alpha value is -0.720. The van der Waals surface area contributed by atoms with Gasteiger partial charge in [-0.3, -0.25) is 0 Å². The summed E-state index contributed by atoms with van der Waals surface area (Å²) in [5, 5.41) is 14.0. The van der Waals surface area contributed by atoms with Crippen LogP contribution in [0.4, 0.5) is 0 Å². The standard InChI is InChI=1S/C16H22ClN3O2.2ClH/c1-22-16-9-13-14(8-11(16)17)20(10-19-13)7-3-4-12-15(21)5-2-6-18-12;;/h8-10,12,15,18,21H,2-7H2,1H3;2*1H/t12-,15+;;/m1../s1. The molecule has 8 heteroatoms. The number of hydrogen-bond acceptors (Lipinski definition) is 4. The average Bonchev–Trinajstić information content (AvgIpc) is 2.90. The molecule has 1 aromatic heterocycles. The van der Waals surface area contributed by atoms with Gasteiger partial charge < -0.3 is 19.7 Å². The second-order valence-corrected chi connectivity index (χ2v) is 6.23. The molecule has 0 saturated carbocycles. The van der Waals surface area contributed by atoms with Crippen LogP contribution in [0.2, 0.25) is 5.02 Å². The minimum atomic E-state index is -0.216. The smallest absolute Gasteiger partial charge is 0.139 e. The maximum absolute atomic E-state index is 9.98. The van der Waals surface area contributed by atoms with E-state index in [4.69, 9.17) is 16.3 Å². The van der Waals surface area contributed by atoms with Gasteiger partial charge in [-0.05, 0) is 38.3 Å². The second kappa shape index (κ2) is 9.68. The maximum Gasteiger partial charge on any atom is 0.139 e. The molecule has 0 aliphatic carbocycles. The Morgan fingerprint density at radius 3 is 2.92 bits per heavy atom. The van der Waals surface area contributed by atoms with E-state index in [1.165, 1.54) is 0 Å². The van der Waals surface area contributed by atoms with Crippen LogP contribution in [-0.4, -0.2) is 40.5 Å². The van der Waals surface area contributed by atoms with Crippen LogP contribution in [0.3, 0.4) is 0 Å². The first-order chi connectivity index (χ1) is 10.7. The lowest BCUT2D eigenvalue weighted by atomic mass is 9.97. The third kappa shape index (κ3) is 4.67. The van der Waals surface area contributed by atoms with Crippen molar-refractivity contribution < 1.29 is 9.84 Å². The van der Waals surface area contributed by atoms with E-state index in [0.717, 1.165) is 49.8 Å². The van der Waals surface area contributed by atoms with Crippen molar-refractivity contribution in [1.82, 2.24) is 14.9 Å². The quantitative estimate of drug-likeness (QED) is 0.813. The largest absolute Gasteiger partial charge is 0.495 e. The molecule has 136 valence electrons. The molecular weight excluding hydrogens is 373 g/mol. The van der Waals surface area contributed by atoms with Crippen molar-refractivity contribution in [2.24, 2.45) is 0 Å². The topological polar surface area (TPSA) is 59.3 Å². The summed E-state index contributed by atoms with van der Waals surface area (Å²) in [4.78, 5) is 4.41. The minimum Gasteiger partial charge on any atom is -0.495 e. The number of aliphatic hydroxyl groups is 1. The summed E-state index contributed by atoms with van der Waals surface area (Å²) >= 11 is 6.20. The molecule has 0 unspecified atom stereocenters. The highest BCUT2D eigenvalue weighted by Gasteiger charge is 2.21. The van der Waals surface area contributed by atoms with Gasteiger partial charge in [-0.15, -0.1) is 24.8 Å². The number of benzene rings is 1. The van der Waals surface area contributed by atoms with Crippen LogP contribution in [0.15, 0.2) is 18.5 Å². The number of imidazole rings is 1. The van der Waals surface area contributed by atoms with Gasteiger partial charge in [0.05, 0.1) is 35.6 Å². The second-order valence-electron chi connectivity index (χ2n) is 5.83. The summed E-state index contributed by atoms with van der Waals surface area (Å²) in [5.41, 5.74) is 1.90. The average molecular weight is 397 g/mol. The van der Waals surface area contributed by atoms with Crippen LogP contribution in [0.5, 0.6) is 5.75 Å².